The summed E-state index contributed by atoms with van der Waals surface area (Å²) in [5.74, 6) is 0.214. The normalized spacial score (nSPS) is 21.0. The molecular formula is C21H32N4O. The van der Waals surface area contributed by atoms with E-state index in [2.05, 4.69) is 16.8 Å². The number of aliphatic imine (C=N–C) groups is 1. The van der Waals surface area contributed by atoms with Crippen molar-refractivity contribution in [2.75, 3.05) is 32.7 Å². The Bertz CT molecular complexity index is 593. The molecular weight excluding hydrogens is 324 g/mol. The summed E-state index contributed by atoms with van der Waals surface area (Å²) in [4.78, 5) is 26.2. The molecule has 1 amide bonds. The molecule has 0 radical (unpaired) electrons. The largest absolute Gasteiger partial charge is 0.338 e. The van der Waals surface area contributed by atoms with Gasteiger partial charge in [-0.1, -0.05) is 38.7 Å². The fourth-order valence-electron chi connectivity index (χ4n) is 3.86. The van der Waals surface area contributed by atoms with Gasteiger partial charge in [0.2, 0.25) is 5.91 Å². The van der Waals surface area contributed by atoms with Crippen LogP contribution in [0.3, 0.4) is 0 Å². The van der Waals surface area contributed by atoms with Crippen LogP contribution in [0.25, 0.3) is 0 Å². The number of rotatable bonds is 8. The first-order valence-corrected chi connectivity index (χ1v) is 10.3. The van der Waals surface area contributed by atoms with Crippen molar-refractivity contribution in [2.45, 2.75) is 57.9 Å². The van der Waals surface area contributed by atoms with E-state index >= 15 is 0 Å². The fraction of sp³-hybridized carbons (Fsp3) is 0.667. The van der Waals surface area contributed by atoms with Gasteiger partial charge in [-0.15, -0.1) is 0 Å². The van der Waals surface area contributed by atoms with Crippen molar-refractivity contribution in [1.29, 1.82) is 0 Å². The van der Waals surface area contributed by atoms with Gasteiger partial charge in [0.15, 0.2) is 0 Å². The number of hydrogen-bond donors (Lipinski definition) is 0. The van der Waals surface area contributed by atoms with Crippen LogP contribution in [0.15, 0.2) is 29.5 Å². The van der Waals surface area contributed by atoms with Crippen LogP contribution in [0.1, 0.15) is 57.4 Å². The van der Waals surface area contributed by atoms with Crippen molar-refractivity contribution in [3.05, 3.63) is 30.1 Å². The Morgan fingerprint density at radius 2 is 1.96 bits per heavy atom. The first-order chi connectivity index (χ1) is 12.8. The van der Waals surface area contributed by atoms with Crippen molar-refractivity contribution < 1.29 is 4.79 Å². The van der Waals surface area contributed by atoms with Gasteiger partial charge in [0.05, 0.1) is 0 Å². The lowest BCUT2D eigenvalue weighted by molar-refractivity contribution is -0.134. The number of pyridine rings is 1. The molecule has 1 fully saturated rings. The highest BCUT2D eigenvalue weighted by Crippen LogP contribution is 2.20. The molecule has 0 saturated carbocycles. The molecule has 3 heterocycles. The van der Waals surface area contributed by atoms with Gasteiger partial charge < -0.3 is 4.90 Å². The first-order valence-electron chi connectivity index (χ1n) is 10.3. The number of nitrogens with zero attached hydrogens (tertiary/aromatic N) is 4. The lowest BCUT2D eigenvalue weighted by Gasteiger charge is -2.35. The highest BCUT2D eigenvalue weighted by atomic mass is 16.2. The van der Waals surface area contributed by atoms with E-state index in [1.165, 1.54) is 38.6 Å². The number of unbranched alkanes of at least 4 members (excludes halogenated alkanes) is 4. The quantitative estimate of drug-likeness (QED) is 0.672. The lowest BCUT2D eigenvalue weighted by atomic mass is 10.1. The maximum absolute atomic E-state index is 12.8. The smallest absolute Gasteiger partial charge is 0.247 e. The maximum Gasteiger partial charge on any atom is 0.247 e. The summed E-state index contributed by atoms with van der Waals surface area (Å²) in [6, 6.07) is 3.76. The average Bonchev–Trinajstić information content (AvgIpc) is 3.19. The molecule has 5 nitrogen and oxygen atoms in total. The number of carbonyl (C=O) groups is 1. The van der Waals surface area contributed by atoms with Crippen LogP contribution in [0.2, 0.25) is 0 Å². The van der Waals surface area contributed by atoms with E-state index < -0.39 is 0 Å². The van der Waals surface area contributed by atoms with Crippen molar-refractivity contribution in [3.8, 4) is 0 Å². The standard InChI is InChI=1S/C21H32N4O/c1-2-3-4-5-6-12-24-13-15-25(16-14-24)21(26)20-10-9-19(23-20)18-8-7-11-22-17-18/h7-8,11,17,20H,2-6,9-10,12-16H2,1H3. The van der Waals surface area contributed by atoms with Gasteiger partial charge in [-0.05, 0) is 31.9 Å². The Hall–Kier alpha value is -1.75. The summed E-state index contributed by atoms with van der Waals surface area (Å²) in [5, 5.41) is 0. The van der Waals surface area contributed by atoms with Crippen LogP contribution in [-0.4, -0.2) is 65.2 Å². The van der Waals surface area contributed by atoms with E-state index in [4.69, 9.17) is 4.99 Å². The Morgan fingerprint density at radius 3 is 2.69 bits per heavy atom. The van der Waals surface area contributed by atoms with Crippen LogP contribution >= 0.6 is 0 Å². The lowest BCUT2D eigenvalue weighted by Crippen LogP contribution is -2.51. The third-order valence-electron chi connectivity index (χ3n) is 5.51. The first kappa shape index (κ1) is 19.0. The second-order valence-electron chi connectivity index (χ2n) is 7.45. The van der Waals surface area contributed by atoms with Crippen molar-refractivity contribution in [3.63, 3.8) is 0 Å². The van der Waals surface area contributed by atoms with Crippen molar-refractivity contribution in [2.24, 2.45) is 4.99 Å². The molecule has 1 aromatic heterocycles. The van der Waals surface area contributed by atoms with Crippen LogP contribution in [-0.2, 0) is 4.79 Å². The molecule has 1 saturated heterocycles. The molecule has 5 heteroatoms. The van der Waals surface area contributed by atoms with Gasteiger partial charge in [-0.2, -0.15) is 0 Å². The van der Waals surface area contributed by atoms with E-state index in [0.717, 1.165) is 50.3 Å². The number of piperazine rings is 1. The third-order valence-corrected chi connectivity index (χ3v) is 5.51. The molecule has 0 bridgehead atoms. The molecule has 0 spiro atoms. The SMILES string of the molecule is CCCCCCCN1CCN(C(=O)C2CCC(c3cccnc3)=N2)CC1. The molecule has 26 heavy (non-hydrogen) atoms. The van der Waals surface area contributed by atoms with E-state index in [-0.39, 0.29) is 11.9 Å². The molecule has 2 aliphatic heterocycles. The summed E-state index contributed by atoms with van der Waals surface area (Å²) >= 11 is 0. The molecule has 1 unspecified atom stereocenters. The van der Waals surface area contributed by atoms with Gasteiger partial charge in [-0.3, -0.25) is 19.7 Å². The predicted octanol–water partition coefficient (Wildman–Crippen LogP) is 3.15. The summed E-state index contributed by atoms with van der Waals surface area (Å²) in [5.41, 5.74) is 2.08. The van der Waals surface area contributed by atoms with Gasteiger partial charge in [0.1, 0.15) is 6.04 Å². The van der Waals surface area contributed by atoms with Gasteiger partial charge in [0.25, 0.3) is 0 Å². The molecule has 2 aliphatic rings. The number of carbonyl (C=O) groups excluding carboxylic acids is 1. The third kappa shape index (κ3) is 5.13. The second-order valence-corrected chi connectivity index (χ2v) is 7.45. The highest BCUT2D eigenvalue weighted by molar-refractivity contribution is 6.03. The molecule has 1 aromatic rings. The molecule has 142 valence electrons. The van der Waals surface area contributed by atoms with Gasteiger partial charge in [-0.25, -0.2) is 0 Å². The van der Waals surface area contributed by atoms with Gasteiger partial charge in [0, 0.05) is 49.8 Å². The number of amides is 1. The topological polar surface area (TPSA) is 48.8 Å². The van der Waals surface area contributed by atoms with Crippen LogP contribution in [0.5, 0.6) is 0 Å². The Labute approximate surface area is 157 Å². The van der Waals surface area contributed by atoms with E-state index in [1.807, 2.05) is 23.2 Å². The van der Waals surface area contributed by atoms with Crippen molar-refractivity contribution in [1.82, 2.24) is 14.8 Å². The minimum Gasteiger partial charge on any atom is -0.338 e. The summed E-state index contributed by atoms with van der Waals surface area (Å²) in [7, 11) is 0. The minimum atomic E-state index is -0.189. The molecule has 0 aromatic carbocycles. The van der Waals surface area contributed by atoms with Gasteiger partial charge >= 0.3 is 0 Å². The monoisotopic (exact) mass is 356 g/mol. The zero-order chi connectivity index (χ0) is 18.2. The zero-order valence-electron chi connectivity index (χ0n) is 16.1. The summed E-state index contributed by atoms with van der Waals surface area (Å²) < 4.78 is 0. The molecule has 0 N–H and O–H groups in total. The summed E-state index contributed by atoms with van der Waals surface area (Å²) in [6.45, 7) is 7.14. The Kier molecular flexibility index (Phi) is 7.18. The maximum atomic E-state index is 12.8. The summed E-state index contributed by atoms with van der Waals surface area (Å²) in [6.07, 6.45) is 11.9. The minimum absolute atomic E-state index is 0.189. The van der Waals surface area contributed by atoms with Crippen LogP contribution < -0.4 is 0 Å². The highest BCUT2D eigenvalue weighted by Gasteiger charge is 2.30. The van der Waals surface area contributed by atoms with Crippen LogP contribution in [0, 0.1) is 0 Å². The number of aromatic nitrogens is 1. The molecule has 0 aliphatic carbocycles. The van der Waals surface area contributed by atoms with Crippen molar-refractivity contribution >= 4 is 11.6 Å². The van der Waals surface area contributed by atoms with Crippen LogP contribution in [0.4, 0.5) is 0 Å². The molecule has 1 atom stereocenters. The van der Waals surface area contributed by atoms with E-state index in [9.17, 15) is 4.79 Å². The molecule has 3 rings (SSSR count). The Balaban J connectivity index is 1.42. The van der Waals surface area contributed by atoms with E-state index in [1.54, 1.807) is 6.20 Å². The Morgan fingerprint density at radius 1 is 1.15 bits per heavy atom. The fourth-order valence-corrected chi connectivity index (χ4v) is 3.86. The van der Waals surface area contributed by atoms with E-state index in [0.29, 0.717) is 0 Å². The average molecular weight is 357 g/mol. The second kappa shape index (κ2) is 9.81. The zero-order valence-corrected chi connectivity index (χ0v) is 16.1. The number of hydrogen-bond acceptors (Lipinski definition) is 4. The predicted molar refractivity (Wildman–Crippen MR) is 106 cm³/mol.